The minimum absolute atomic E-state index is 0.379. The van der Waals surface area contributed by atoms with Gasteiger partial charge in [0.1, 0.15) is 0 Å². The lowest BCUT2D eigenvalue weighted by Crippen LogP contribution is -2.12. The van der Waals surface area contributed by atoms with Crippen molar-refractivity contribution in [1.29, 1.82) is 0 Å². The summed E-state index contributed by atoms with van der Waals surface area (Å²) in [5.41, 5.74) is 1.35. The van der Waals surface area contributed by atoms with Crippen molar-refractivity contribution in [2.75, 3.05) is 39.6 Å². The summed E-state index contributed by atoms with van der Waals surface area (Å²) >= 11 is 0. The Morgan fingerprint density at radius 2 is 0.667 bits per heavy atom. The molecular weight excluding hydrogens is 372 g/mol. The zero-order valence-electron chi connectivity index (χ0n) is 23.2. The molecule has 0 amide bonds. The van der Waals surface area contributed by atoms with Crippen LogP contribution < -0.4 is 0 Å². The molecular formula is C27H60O3. The van der Waals surface area contributed by atoms with Crippen molar-refractivity contribution < 1.29 is 14.2 Å². The minimum atomic E-state index is 0.379. The molecule has 0 aromatic rings. The molecule has 0 aromatic carbocycles. The van der Waals surface area contributed by atoms with Gasteiger partial charge in [-0.15, -0.1) is 0 Å². The van der Waals surface area contributed by atoms with Gasteiger partial charge in [-0.2, -0.15) is 0 Å². The van der Waals surface area contributed by atoms with Gasteiger partial charge < -0.3 is 14.2 Å². The van der Waals surface area contributed by atoms with Crippen LogP contribution in [0.25, 0.3) is 0 Å². The van der Waals surface area contributed by atoms with Crippen LogP contribution in [0.1, 0.15) is 122 Å². The van der Waals surface area contributed by atoms with Gasteiger partial charge in [0.25, 0.3) is 0 Å². The highest BCUT2D eigenvalue weighted by Gasteiger charge is 2.09. The molecule has 0 rings (SSSR count). The summed E-state index contributed by atoms with van der Waals surface area (Å²) in [4.78, 5) is 0. The Kier molecular flexibility index (Phi) is 23.9. The van der Waals surface area contributed by atoms with Gasteiger partial charge in [0.2, 0.25) is 0 Å². The zero-order valence-corrected chi connectivity index (χ0v) is 23.2. The molecule has 0 aliphatic rings. The van der Waals surface area contributed by atoms with Gasteiger partial charge in [0, 0.05) is 26.4 Å². The summed E-state index contributed by atoms with van der Waals surface area (Å²) in [5, 5.41) is 0. The maximum absolute atomic E-state index is 5.43. The topological polar surface area (TPSA) is 27.7 Å². The average molecular weight is 433 g/mol. The lowest BCUT2D eigenvalue weighted by Gasteiger charge is -2.17. The molecule has 0 unspecified atom stereocenters. The maximum atomic E-state index is 5.43. The van der Waals surface area contributed by atoms with Crippen LogP contribution in [0.15, 0.2) is 0 Å². The Morgan fingerprint density at radius 3 is 0.900 bits per heavy atom. The van der Waals surface area contributed by atoms with Gasteiger partial charge >= 0.3 is 0 Å². The van der Waals surface area contributed by atoms with E-state index in [9.17, 15) is 0 Å². The molecule has 0 N–H and O–H groups in total. The van der Waals surface area contributed by atoms with Crippen molar-refractivity contribution in [3.63, 3.8) is 0 Å². The van der Waals surface area contributed by atoms with Crippen LogP contribution in [-0.2, 0) is 14.2 Å². The van der Waals surface area contributed by atoms with Crippen LogP contribution in [0.4, 0.5) is 0 Å². The van der Waals surface area contributed by atoms with Crippen molar-refractivity contribution in [2.24, 2.45) is 16.2 Å². The molecule has 0 aromatic heterocycles. The summed E-state index contributed by atoms with van der Waals surface area (Å²) in [6.07, 6.45) is 7.14. The second-order valence-electron chi connectivity index (χ2n) is 11.8. The van der Waals surface area contributed by atoms with E-state index in [1.807, 2.05) is 0 Å². The van der Waals surface area contributed by atoms with E-state index >= 15 is 0 Å². The molecule has 0 bridgehead atoms. The van der Waals surface area contributed by atoms with E-state index in [-0.39, 0.29) is 0 Å². The summed E-state index contributed by atoms with van der Waals surface area (Å²) in [5.74, 6) is 0. The molecule has 0 saturated heterocycles. The fourth-order valence-corrected chi connectivity index (χ4v) is 2.22. The number of hydrogen-bond acceptors (Lipinski definition) is 3. The third-order valence-electron chi connectivity index (χ3n) is 4.06. The summed E-state index contributed by atoms with van der Waals surface area (Å²) in [6.45, 7) is 31.7. The standard InChI is InChI=1S/C11H24O2.C9H20O.C7H16/c1-5-7-12-9-10-13-8-6-11(2,3)4;1-5-7-10-8-6-9(2,3)4;1-5-6-7(2,3)4/h5-10H2,1-4H3;5-8H2,1-4H3;5-6H2,1-4H3. The fourth-order valence-electron chi connectivity index (χ4n) is 2.22. The first-order chi connectivity index (χ1) is 13.7. The molecule has 0 radical (unpaired) electrons. The van der Waals surface area contributed by atoms with E-state index in [2.05, 4.69) is 83.1 Å². The third-order valence-corrected chi connectivity index (χ3v) is 4.06. The Morgan fingerprint density at radius 1 is 0.367 bits per heavy atom. The zero-order chi connectivity index (χ0) is 24.1. The SMILES string of the molecule is CCCC(C)(C)C.CCCOCCC(C)(C)C.CCCOCCOCCC(C)(C)C. The van der Waals surface area contributed by atoms with Gasteiger partial charge in [-0.05, 0) is 48.3 Å². The molecule has 0 fully saturated rings. The Hall–Kier alpha value is -0.120. The quantitative estimate of drug-likeness (QED) is 0.289. The van der Waals surface area contributed by atoms with E-state index in [1.165, 1.54) is 12.8 Å². The molecule has 30 heavy (non-hydrogen) atoms. The van der Waals surface area contributed by atoms with Crippen molar-refractivity contribution in [3.8, 4) is 0 Å². The van der Waals surface area contributed by atoms with Crippen LogP contribution in [0.5, 0.6) is 0 Å². The Balaban J connectivity index is -0.000000383. The fraction of sp³-hybridized carbons (Fsp3) is 1.00. The summed E-state index contributed by atoms with van der Waals surface area (Å²) in [6, 6.07) is 0. The molecule has 186 valence electrons. The van der Waals surface area contributed by atoms with E-state index in [0.717, 1.165) is 65.3 Å². The smallest absolute Gasteiger partial charge is 0.0700 e. The highest BCUT2D eigenvalue weighted by atomic mass is 16.5. The predicted octanol–water partition coefficient (Wildman–Crippen LogP) is 8.55. The van der Waals surface area contributed by atoms with Gasteiger partial charge in [0.15, 0.2) is 0 Å². The lowest BCUT2D eigenvalue weighted by molar-refractivity contribution is 0.0390. The maximum Gasteiger partial charge on any atom is 0.0700 e. The second-order valence-corrected chi connectivity index (χ2v) is 11.8. The number of rotatable bonds is 12. The van der Waals surface area contributed by atoms with Gasteiger partial charge in [-0.25, -0.2) is 0 Å². The van der Waals surface area contributed by atoms with E-state index in [1.54, 1.807) is 0 Å². The normalized spacial score (nSPS) is 12.0. The molecule has 0 aliphatic carbocycles. The minimum Gasteiger partial charge on any atom is -0.381 e. The number of hydrogen-bond donors (Lipinski definition) is 0. The first-order valence-electron chi connectivity index (χ1n) is 12.4. The van der Waals surface area contributed by atoms with Crippen LogP contribution in [-0.4, -0.2) is 39.6 Å². The molecule has 3 nitrogen and oxygen atoms in total. The first kappa shape index (κ1) is 34.5. The largest absolute Gasteiger partial charge is 0.381 e. The predicted molar refractivity (Wildman–Crippen MR) is 136 cm³/mol. The molecule has 0 heterocycles. The second kappa shape index (κ2) is 20.8. The Labute approximate surface area is 192 Å². The first-order valence-corrected chi connectivity index (χ1v) is 12.4. The highest BCUT2D eigenvalue weighted by molar-refractivity contribution is 4.60. The van der Waals surface area contributed by atoms with Gasteiger partial charge in [-0.3, -0.25) is 0 Å². The third kappa shape index (κ3) is 46.2. The summed E-state index contributed by atoms with van der Waals surface area (Å²) in [7, 11) is 0. The Bertz CT molecular complexity index is 318. The van der Waals surface area contributed by atoms with Crippen LogP contribution in [0, 0.1) is 16.2 Å². The van der Waals surface area contributed by atoms with Crippen molar-refractivity contribution in [3.05, 3.63) is 0 Å². The molecule has 3 heteroatoms. The van der Waals surface area contributed by atoms with Crippen LogP contribution in [0.3, 0.4) is 0 Å². The van der Waals surface area contributed by atoms with Crippen molar-refractivity contribution >= 4 is 0 Å². The van der Waals surface area contributed by atoms with E-state index in [4.69, 9.17) is 14.2 Å². The van der Waals surface area contributed by atoms with Crippen molar-refractivity contribution in [1.82, 2.24) is 0 Å². The molecule has 0 atom stereocenters. The van der Waals surface area contributed by atoms with Gasteiger partial charge in [-0.1, -0.05) is 89.5 Å². The van der Waals surface area contributed by atoms with Crippen LogP contribution >= 0.6 is 0 Å². The van der Waals surface area contributed by atoms with E-state index in [0.29, 0.717) is 16.2 Å². The average Bonchev–Trinajstić information content (AvgIpc) is 2.56. The lowest BCUT2D eigenvalue weighted by atomic mass is 9.91. The molecule has 0 spiro atoms. The highest BCUT2D eigenvalue weighted by Crippen LogP contribution is 2.19. The molecule has 0 aliphatic heterocycles. The number of ether oxygens (including phenoxy) is 3. The van der Waals surface area contributed by atoms with Crippen molar-refractivity contribution in [2.45, 2.75) is 122 Å². The summed E-state index contributed by atoms with van der Waals surface area (Å²) < 4.78 is 16.1. The van der Waals surface area contributed by atoms with Gasteiger partial charge in [0.05, 0.1) is 13.2 Å². The van der Waals surface area contributed by atoms with Crippen LogP contribution in [0.2, 0.25) is 0 Å². The monoisotopic (exact) mass is 432 g/mol. The molecule has 0 saturated carbocycles. The van der Waals surface area contributed by atoms with E-state index < -0.39 is 0 Å².